The van der Waals surface area contributed by atoms with Gasteiger partial charge < -0.3 is 20.1 Å². The van der Waals surface area contributed by atoms with E-state index in [2.05, 4.69) is 49.4 Å². The summed E-state index contributed by atoms with van der Waals surface area (Å²) in [5.74, 6) is 1.43. The molecule has 24 heavy (non-hydrogen) atoms. The predicted octanol–water partition coefficient (Wildman–Crippen LogP) is 3.35. The Kier molecular flexibility index (Phi) is 14.7. The van der Waals surface area contributed by atoms with Gasteiger partial charge in [0.25, 0.3) is 0 Å². The number of ether oxygens (including phenoxy) is 2. The zero-order chi connectivity index (χ0) is 16.9. The predicted molar refractivity (Wildman–Crippen MR) is 112 cm³/mol. The van der Waals surface area contributed by atoms with Crippen LogP contribution in [0.5, 0.6) is 0 Å². The first-order valence-electron chi connectivity index (χ1n) is 9.06. The number of halogens is 1. The van der Waals surface area contributed by atoms with Gasteiger partial charge in [-0.3, -0.25) is 4.99 Å². The highest BCUT2D eigenvalue weighted by Crippen LogP contribution is 2.11. The summed E-state index contributed by atoms with van der Waals surface area (Å²) >= 11 is 0. The van der Waals surface area contributed by atoms with E-state index in [1.807, 2.05) is 0 Å². The highest BCUT2D eigenvalue weighted by Gasteiger charge is 2.12. The standard InChI is InChI=1S/C18H35N3O2.HI/c1-5-19-18(20-11-7-16-9-13-22-14-10-16)21-12-8-17(15(3)4)23-6-2;/h9,15,17H,5-8,10-14H2,1-4H3,(H2,19,20,21);1H. The Morgan fingerprint density at radius 2 is 2.12 bits per heavy atom. The van der Waals surface area contributed by atoms with Crippen molar-refractivity contribution >= 4 is 29.9 Å². The Labute approximate surface area is 165 Å². The molecule has 0 radical (unpaired) electrons. The zero-order valence-electron chi connectivity index (χ0n) is 15.8. The van der Waals surface area contributed by atoms with E-state index in [9.17, 15) is 0 Å². The number of nitrogens with zero attached hydrogens (tertiary/aromatic N) is 1. The van der Waals surface area contributed by atoms with Crippen molar-refractivity contribution in [1.29, 1.82) is 0 Å². The molecule has 5 nitrogen and oxygen atoms in total. The van der Waals surface area contributed by atoms with Crippen LogP contribution in [0.15, 0.2) is 16.6 Å². The maximum Gasteiger partial charge on any atom is 0.191 e. The Balaban J connectivity index is 0.00000529. The van der Waals surface area contributed by atoms with Crippen molar-refractivity contribution in [1.82, 2.24) is 10.6 Å². The number of hydrogen-bond donors (Lipinski definition) is 2. The first kappa shape index (κ1) is 23.7. The average molecular weight is 453 g/mol. The lowest BCUT2D eigenvalue weighted by Crippen LogP contribution is -2.38. The van der Waals surface area contributed by atoms with Gasteiger partial charge in [-0.05, 0) is 39.0 Å². The molecule has 1 aliphatic rings. The number of rotatable bonds is 10. The van der Waals surface area contributed by atoms with Gasteiger partial charge >= 0.3 is 0 Å². The molecule has 142 valence electrons. The van der Waals surface area contributed by atoms with Gasteiger partial charge in [-0.15, -0.1) is 24.0 Å². The summed E-state index contributed by atoms with van der Waals surface area (Å²) in [5, 5.41) is 6.73. The monoisotopic (exact) mass is 453 g/mol. The second kappa shape index (κ2) is 15.0. The van der Waals surface area contributed by atoms with Gasteiger partial charge in [0.1, 0.15) is 0 Å². The van der Waals surface area contributed by atoms with Crippen LogP contribution in [-0.4, -0.2) is 51.5 Å². The number of hydrogen-bond acceptors (Lipinski definition) is 3. The minimum atomic E-state index is 0. The third-order valence-corrected chi connectivity index (χ3v) is 3.95. The van der Waals surface area contributed by atoms with E-state index in [1.165, 1.54) is 5.57 Å². The molecule has 0 bridgehead atoms. The molecule has 1 atom stereocenters. The molecular formula is C18H36IN3O2. The number of nitrogens with one attached hydrogen (secondary N) is 2. The molecule has 1 unspecified atom stereocenters. The normalized spacial score (nSPS) is 16.4. The number of aliphatic imine (C=N–C) groups is 1. The lowest BCUT2D eigenvalue weighted by Gasteiger charge is -2.20. The third kappa shape index (κ3) is 10.5. The highest BCUT2D eigenvalue weighted by atomic mass is 127. The lowest BCUT2D eigenvalue weighted by molar-refractivity contribution is 0.0266. The topological polar surface area (TPSA) is 54.9 Å². The summed E-state index contributed by atoms with van der Waals surface area (Å²) in [6.45, 7) is 13.5. The molecular weight excluding hydrogens is 417 g/mol. The molecule has 1 aliphatic heterocycles. The molecule has 0 saturated carbocycles. The largest absolute Gasteiger partial charge is 0.378 e. The van der Waals surface area contributed by atoms with Crippen LogP contribution in [-0.2, 0) is 9.47 Å². The lowest BCUT2D eigenvalue weighted by atomic mass is 10.0. The minimum absolute atomic E-state index is 0. The summed E-state index contributed by atoms with van der Waals surface area (Å²) in [6, 6.07) is 0. The Morgan fingerprint density at radius 3 is 2.71 bits per heavy atom. The summed E-state index contributed by atoms with van der Waals surface area (Å²) in [6.07, 6.45) is 5.56. The molecule has 0 aromatic carbocycles. The van der Waals surface area contributed by atoms with E-state index < -0.39 is 0 Å². The SMILES string of the molecule is CCNC(=NCCC(OCC)C(C)C)NCCC1=CCOCC1.I. The van der Waals surface area contributed by atoms with Crippen molar-refractivity contribution in [3.05, 3.63) is 11.6 Å². The molecule has 1 rings (SSSR count). The molecule has 0 fully saturated rings. The molecule has 0 aromatic heterocycles. The first-order valence-corrected chi connectivity index (χ1v) is 9.06. The Hall–Kier alpha value is -0.340. The molecule has 1 heterocycles. The second-order valence-electron chi connectivity index (χ2n) is 6.15. The fraction of sp³-hybridized carbons (Fsp3) is 0.833. The Morgan fingerprint density at radius 1 is 1.33 bits per heavy atom. The van der Waals surface area contributed by atoms with Crippen LogP contribution in [0.25, 0.3) is 0 Å². The summed E-state index contributed by atoms with van der Waals surface area (Å²) in [4.78, 5) is 4.67. The molecule has 0 saturated heterocycles. The van der Waals surface area contributed by atoms with Crippen LogP contribution >= 0.6 is 24.0 Å². The molecule has 0 aliphatic carbocycles. The van der Waals surface area contributed by atoms with Gasteiger partial charge in [-0.1, -0.05) is 25.5 Å². The van der Waals surface area contributed by atoms with Crippen molar-refractivity contribution in [2.24, 2.45) is 10.9 Å². The van der Waals surface area contributed by atoms with Gasteiger partial charge in [-0.2, -0.15) is 0 Å². The van der Waals surface area contributed by atoms with E-state index in [0.717, 1.165) is 64.7 Å². The van der Waals surface area contributed by atoms with Crippen molar-refractivity contribution in [3.63, 3.8) is 0 Å². The van der Waals surface area contributed by atoms with E-state index in [-0.39, 0.29) is 24.0 Å². The van der Waals surface area contributed by atoms with Crippen LogP contribution in [0.4, 0.5) is 0 Å². The minimum Gasteiger partial charge on any atom is -0.378 e. The maximum absolute atomic E-state index is 5.78. The zero-order valence-corrected chi connectivity index (χ0v) is 18.1. The van der Waals surface area contributed by atoms with E-state index in [1.54, 1.807) is 0 Å². The molecule has 0 spiro atoms. The van der Waals surface area contributed by atoms with Gasteiger partial charge in [-0.25, -0.2) is 0 Å². The summed E-state index contributed by atoms with van der Waals surface area (Å²) in [7, 11) is 0. The van der Waals surface area contributed by atoms with Gasteiger partial charge in [0.15, 0.2) is 5.96 Å². The van der Waals surface area contributed by atoms with Gasteiger partial charge in [0, 0.05) is 26.2 Å². The quantitative estimate of drug-likeness (QED) is 0.231. The van der Waals surface area contributed by atoms with E-state index >= 15 is 0 Å². The van der Waals surface area contributed by atoms with Crippen molar-refractivity contribution < 1.29 is 9.47 Å². The van der Waals surface area contributed by atoms with E-state index in [4.69, 9.17) is 9.47 Å². The third-order valence-electron chi connectivity index (χ3n) is 3.95. The molecule has 2 N–H and O–H groups in total. The Bertz CT molecular complexity index is 373. The van der Waals surface area contributed by atoms with Crippen LogP contribution in [0.2, 0.25) is 0 Å². The summed E-state index contributed by atoms with van der Waals surface area (Å²) in [5.41, 5.74) is 1.48. The van der Waals surface area contributed by atoms with Crippen molar-refractivity contribution in [2.75, 3.05) is 39.5 Å². The summed E-state index contributed by atoms with van der Waals surface area (Å²) < 4.78 is 11.1. The first-order chi connectivity index (χ1) is 11.2. The second-order valence-corrected chi connectivity index (χ2v) is 6.15. The molecule has 6 heteroatoms. The van der Waals surface area contributed by atoms with Crippen molar-refractivity contribution in [3.8, 4) is 0 Å². The van der Waals surface area contributed by atoms with Crippen LogP contribution in [0.1, 0.15) is 47.0 Å². The van der Waals surface area contributed by atoms with Gasteiger partial charge in [0.2, 0.25) is 0 Å². The van der Waals surface area contributed by atoms with Crippen LogP contribution in [0, 0.1) is 5.92 Å². The number of guanidine groups is 1. The van der Waals surface area contributed by atoms with E-state index in [0.29, 0.717) is 12.0 Å². The molecule has 0 amide bonds. The van der Waals surface area contributed by atoms with Gasteiger partial charge in [0.05, 0.1) is 19.3 Å². The van der Waals surface area contributed by atoms with Crippen molar-refractivity contribution in [2.45, 2.75) is 53.1 Å². The highest BCUT2D eigenvalue weighted by molar-refractivity contribution is 14.0. The maximum atomic E-state index is 5.78. The average Bonchev–Trinajstić information content (AvgIpc) is 2.55. The fourth-order valence-electron chi connectivity index (χ4n) is 2.60. The van der Waals surface area contributed by atoms with Crippen LogP contribution in [0.3, 0.4) is 0 Å². The molecule has 0 aromatic rings. The smallest absolute Gasteiger partial charge is 0.191 e. The van der Waals surface area contributed by atoms with Crippen LogP contribution < -0.4 is 10.6 Å². The fourth-order valence-corrected chi connectivity index (χ4v) is 2.60.